The molecule has 5 N–H and O–H groups in total. The number of Topliss-reactive ketones (excluding diaryl/α,β-unsaturated/α-hetero) is 1. The summed E-state index contributed by atoms with van der Waals surface area (Å²) in [6.45, 7) is 13.4. The fourth-order valence-corrected chi connectivity index (χ4v) is 6.20. The van der Waals surface area contributed by atoms with Gasteiger partial charge in [0.05, 0.1) is 12.1 Å². The van der Waals surface area contributed by atoms with Crippen LogP contribution in [0.1, 0.15) is 92.9 Å². The van der Waals surface area contributed by atoms with Crippen molar-refractivity contribution in [1.82, 2.24) is 30.7 Å². The minimum atomic E-state index is -1.10. The van der Waals surface area contributed by atoms with E-state index in [9.17, 15) is 28.8 Å². The third-order valence-electron chi connectivity index (χ3n) is 9.46. The van der Waals surface area contributed by atoms with Crippen LogP contribution in [0.2, 0.25) is 0 Å². The van der Waals surface area contributed by atoms with E-state index in [0.717, 1.165) is 25.7 Å². The van der Waals surface area contributed by atoms with Crippen LogP contribution < -0.4 is 21.7 Å². The van der Waals surface area contributed by atoms with Gasteiger partial charge in [-0.25, -0.2) is 9.59 Å². The van der Waals surface area contributed by atoms with Crippen molar-refractivity contribution in [2.75, 3.05) is 33.2 Å². The Kier molecular flexibility index (Phi) is 11.9. The highest BCUT2D eigenvalue weighted by molar-refractivity contribution is 6.37. The Balaban J connectivity index is 1.70. The molecule has 1 saturated carbocycles. The van der Waals surface area contributed by atoms with Crippen LogP contribution in [0.4, 0.5) is 9.59 Å². The van der Waals surface area contributed by atoms with Gasteiger partial charge < -0.3 is 36.4 Å². The third-order valence-corrected chi connectivity index (χ3v) is 9.46. The average Bonchev–Trinajstić information content (AvgIpc) is 3.40. The molecule has 7 amide bonds. The topological polar surface area (TPSA) is 174 Å². The van der Waals surface area contributed by atoms with Gasteiger partial charge in [-0.2, -0.15) is 0 Å². The van der Waals surface area contributed by atoms with Crippen LogP contribution >= 0.6 is 0 Å². The van der Waals surface area contributed by atoms with Crippen LogP contribution in [0.25, 0.3) is 0 Å². The van der Waals surface area contributed by atoms with Crippen LogP contribution in [0.3, 0.4) is 0 Å². The summed E-state index contributed by atoms with van der Waals surface area (Å²) in [4.78, 5) is 82.8. The summed E-state index contributed by atoms with van der Waals surface area (Å²) in [6, 6.07) is -3.85. The van der Waals surface area contributed by atoms with Crippen molar-refractivity contribution in [3.63, 3.8) is 0 Å². The summed E-state index contributed by atoms with van der Waals surface area (Å²) in [5, 5.41) is 8.60. The van der Waals surface area contributed by atoms with Crippen molar-refractivity contribution in [3.8, 4) is 0 Å². The SMILES string of the molecule is CN1CCCN(C[C@@H](NC(=O)N[C@H](C(=O)N2CCC[C@H]2C(=O)NC(CCC2CCC2)C(=O)C(N)=O)C(C)(C)C)C(C)(C)C)C1=O. The maximum atomic E-state index is 14.0. The smallest absolute Gasteiger partial charge is 0.319 e. The van der Waals surface area contributed by atoms with Crippen LogP contribution in [0, 0.1) is 16.7 Å². The molecule has 3 rings (SSSR count). The lowest BCUT2D eigenvalue weighted by atomic mass is 9.81. The summed E-state index contributed by atoms with van der Waals surface area (Å²) in [6.07, 6.45) is 6.11. The van der Waals surface area contributed by atoms with E-state index in [2.05, 4.69) is 16.0 Å². The molecule has 13 heteroatoms. The number of carbonyl (C=O) groups is 6. The maximum Gasteiger partial charge on any atom is 0.319 e. The number of likely N-dealkylation sites (tertiary alicyclic amines) is 1. The number of urea groups is 2. The highest BCUT2D eigenvalue weighted by Crippen LogP contribution is 2.31. The predicted molar refractivity (Wildman–Crippen MR) is 170 cm³/mol. The zero-order chi connectivity index (χ0) is 33.7. The van der Waals surface area contributed by atoms with Crippen LogP contribution in [0.15, 0.2) is 0 Å². The molecule has 0 bridgehead atoms. The molecule has 2 heterocycles. The monoisotopic (exact) mass is 633 g/mol. The lowest BCUT2D eigenvalue weighted by Gasteiger charge is -2.40. The first-order chi connectivity index (χ1) is 20.9. The van der Waals surface area contributed by atoms with Gasteiger partial charge in [0.25, 0.3) is 5.91 Å². The van der Waals surface area contributed by atoms with Crippen LogP contribution in [0.5, 0.6) is 0 Å². The summed E-state index contributed by atoms with van der Waals surface area (Å²) in [5.74, 6) is -2.37. The Morgan fingerprint density at radius 2 is 1.53 bits per heavy atom. The second-order valence-corrected chi connectivity index (χ2v) is 15.2. The van der Waals surface area contributed by atoms with Crippen molar-refractivity contribution in [1.29, 1.82) is 0 Å². The number of ketones is 1. The number of hydrogen-bond donors (Lipinski definition) is 4. The summed E-state index contributed by atoms with van der Waals surface area (Å²) in [7, 11) is 1.76. The molecule has 1 unspecified atom stereocenters. The fraction of sp³-hybridized carbons (Fsp3) is 0.812. The lowest BCUT2D eigenvalue weighted by Crippen LogP contribution is -2.62. The second-order valence-electron chi connectivity index (χ2n) is 15.2. The van der Waals surface area contributed by atoms with E-state index in [1.54, 1.807) is 16.8 Å². The Labute approximate surface area is 267 Å². The molecule has 3 fully saturated rings. The number of hydrogen-bond acceptors (Lipinski definition) is 6. The molecule has 2 aliphatic heterocycles. The quantitative estimate of drug-likeness (QED) is 0.239. The second kappa shape index (κ2) is 14.8. The van der Waals surface area contributed by atoms with Gasteiger partial charge >= 0.3 is 12.1 Å². The molecule has 4 atom stereocenters. The molecule has 0 aromatic rings. The number of nitrogens with zero attached hydrogens (tertiary/aromatic N) is 3. The lowest BCUT2D eigenvalue weighted by molar-refractivity contribution is -0.143. The van der Waals surface area contributed by atoms with Gasteiger partial charge in [0.1, 0.15) is 12.1 Å². The number of nitrogens with one attached hydrogen (secondary N) is 3. The van der Waals surface area contributed by atoms with E-state index in [1.165, 1.54) is 4.90 Å². The summed E-state index contributed by atoms with van der Waals surface area (Å²) >= 11 is 0. The number of primary amides is 1. The molecule has 0 radical (unpaired) electrons. The first-order valence-corrected chi connectivity index (χ1v) is 16.4. The molecule has 0 aromatic heterocycles. The van der Waals surface area contributed by atoms with Gasteiger partial charge in [-0.3, -0.25) is 19.2 Å². The van der Waals surface area contributed by atoms with Gasteiger partial charge in [-0.15, -0.1) is 0 Å². The van der Waals surface area contributed by atoms with E-state index < -0.39 is 59.1 Å². The van der Waals surface area contributed by atoms with E-state index in [1.807, 2.05) is 41.5 Å². The maximum absolute atomic E-state index is 14.0. The fourth-order valence-electron chi connectivity index (χ4n) is 6.20. The Bertz CT molecular complexity index is 1130. The molecule has 2 saturated heterocycles. The number of nitrogens with two attached hydrogens (primary N) is 1. The molecule has 45 heavy (non-hydrogen) atoms. The van der Waals surface area contributed by atoms with Gasteiger partial charge in [0.2, 0.25) is 17.6 Å². The molecular formula is C32H55N7O6. The highest BCUT2D eigenvalue weighted by atomic mass is 16.2. The average molecular weight is 634 g/mol. The zero-order valence-electron chi connectivity index (χ0n) is 28.2. The minimum Gasteiger partial charge on any atom is -0.363 e. The normalized spacial score (nSPS) is 21.4. The first-order valence-electron chi connectivity index (χ1n) is 16.4. The van der Waals surface area contributed by atoms with Crippen molar-refractivity contribution >= 4 is 35.6 Å². The van der Waals surface area contributed by atoms with Crippen molar-refractivity contribution in [2.45, 2.75) is 117 Å². The van der Waals surface area contributed by atoms with Crippen LogP contribution in [-0.2, 0) is 19.2 Å². The Hall–Kier alpha value is -3.38. The van der Waals surface area contributed by atoms with Crippen molar-refractivity contribution in [2.24, 2.45) is 22.5 Å². The molecule has 1 aliphatic carbocycles. The largest absolute Gasteiger partial charge is 0.363 e. The molecule has 0 aromatic carbocycles. The van der Waals surface area contributed by atoms with E-state index in [4.69, 9.17) is 5.73 Å². The summed E-state index contributed by atoms with van der Waals surface area (Å²) < 4.78 is 0. The molecular weight excluding hydrogens is 578 g/mol. The van der Waals surface area contributed by atoms with Crippen molar-refractivity contribution in [3.05, 3.63) is 0 Å². The van der Waals surface area contributed by atoms with Crippen LogP contribution in [-0.4, -0.2) is 108 Å². The third kappa shape index (κ3) is 9.56. The minimum absolute atomic E-state index is 0.0818. The van der Waals surface area contributed by atoms with Gasteiger partial charge in [-0.1, -0.05) is 60.8 Å². The number of rotatable bonds is 12. The van der Waals surface area contributed by atoms with Gasteiger partial charge in [-0.05, 0) is 48.9 Å². The van der Waals surface area contributed by atoms with E-state index in [-0.39, 0.29) is 11.4 Å². The first kappa shape index (κ1) is 36.1. The number of amides is 7. The van der Waals surface area contributed by atoms with Gasteiger partial charge in [0.15, 0.2) is 0 Å². The highest BCUT2D eigenvalue weighted by Gasteiger charge is 2.43. The zero-order valence-corrected chi connectivity index (χ0v) is 28.2. The standard InChI is InChI=1S/C32H55N7O6/c1-31(2,3)23(19-38-17-10-16-37(7)30(38)45)35-29(44)36-25(32(4,5)6)28(43)39-18-9-13-22(39)27(42)34-21(24(40)26(33)41)15-14-20-11-8-12-20/h20-23,25H,8-19H2,1-7H3,(H2,33,41)(H,34,42)(H2,35,36,44)/t21?,22-,23+,25+/m0/s1. The predicted octanol–water partition coefficient (Wildman–Crippen LogP) is 1.98. The molecule has 254 valence electrons. The Morgan fingerprint density at radius 3 is 2.09 bits per heavy atom. The van der Waals surface area contributed by atoms with Gasteiger partial charge in [0, 0.05) is 33.2 Å². The number of carbonyl (C=O) groups excluding carboxylic acids is 6. The molecule has 13 nitrogen and oxygen atoms in total. The van der Waals surface area contributed by atoms with Crippen molar-refractivity contribution < 1.29 is 28.8 Å². The van der Waals surface area contributed by atoms with E-state index in [0.29, 0.717) is 57.8 Å². The molecule has 3 aliphatic rings. The Morgan fingerprint density at radius 1 is 0.867 bits per heavy atom. The molecule has 0 spiro atoms. The summed E-state index contributed by atoms with van der Waals surface area (Å²) in [5.41, 5.74) is 4.20. The van der Waals surface area contributed by atoms with E-state index >= 15 is 0 Å².